The number of halogens is 1. The van der Waals surface area contributed by atoms with Crippen LogP contribution in [0, 0.1) is 0 Å². The lowest BCUT2D eigenvalue weighted by molar-refractivity contribution is 0.447. The summed E-state index contributed by atoms with van der Waals surface area (Å²) in [4.78, 5) is 0.184. The zero-order valence-corrected chi connectivity index (χ0v) is 17.4. The molecule has 0 fully saturated rings. The second-order valence-corrected chi connectivity index (χ2v) is 9.29. The number of nitrogens with one attached hydrogen (secondary N) is 2. The van der Waals surface area contributed by atoms with Crippen LogP contribution < -0.4 is 10.0 Å². The fourth-order valence-corrected chi connectivity index (χ4v) is 4.67. The Morgan fingerprint density at radius 2 is 1.89 bits per heavy atom. The van der Waals surface area contributed by atoms with Crippen LogP contribution in [0.5, 0.6) is 0 Å². The molecule has 1 aliphatic rings. The minimum absolute atomic E-state index is 0.184. The largest absolute Gasteiger partial charge is 0.314 e. The number of alkyl halides is 1. The van der Waals surface area contributed by atoms with Gasteiger partial charge in [-0.3, -0.25) is 9.11 Å². The van der Waals surface area contributed by atoms with Crippen LogP contribution in [0.4, 0.5) is 10.1 Å². The van der Waals surface area contributed by atoms with Crippen molar-refractivity contribution < 1.29 is 12.8 Å². The molecule has 0 aliphatic heterocycles. The SMILES string of the molecule is CCCNC1CCc2cc(NS(=O)(=O)c3ccc([C@@H](C)CF)cc3)ccc2C1. The molecule has 28 heavy (non-hydrogen) atoms. The molecule has 0 amide bonds. The minimum Gasteiger partial charge on any atom is -0.314 e. The standard InChI is InChI=1S/C22H29FN2O2S/c1-3-12-24-20-8-4-19-14-21(9-5-18(19)13-20)25-28(26,27)22-10-6-17(7-11-22)16(2)15-23/h5-7,9-11,14,16,20,24-25H,3-4,8,12-13,15H2,1-2H3/t16-,20?/m0/s1. The van der Waals surface area contributed by atoms with Crippen LogP contribution in [-0.2, 0) is 22.9 Å². The van der Waals surface area contributed by atoms with Crippen LogP contribution in [0.2, 0.25) is 0 Å². The number of hydrogen-bond acceptors (Lipinski definition) is 3. The Balaban J connectivity index is 1.71. The van der Waals surface area contributed by atoms with Gasteiger partial charge in [0.15, 0.2) is 0 Å². The first-order chi connectivity index (χ1) is 13.4. The number of rotatable bonds is 8. The summed E-state index contributed by atoms with van der Waals surface area (Å²) < 4.78 is 40.8. The van der Waals surface area contributed by atoms with Crippen molar-refractivity contribution in [3.05, 3.63) is 59.2 Å². The summed E-state index contributed by atoms with van der Waals surface area (Å²) in [5.74, 6) is -0.235. The predicted octanol–water partition coefficient (Wildman–Crippen LogP) is 4.42. The maximum atomic E-state index is 12.8. The van der Waals surface area contributed by atoms with Crippen LogP contribution >= 0.6 is 0 Å². The van der Waals surface area contributed by atoms with Gasteiger partial charge in [0.25, 0.3) is 10.0 Å². The lowest BCUT2D eigenvalue weighted by Crippen LogP contribution is -2.35. The lowest BCUT2D eigenvalue weighted by Gasteiger charge is -2.26. The van der Waals surface area contributed by atoms with Crippen molar-refractivity contribution in [2.75, 3.05) is 17.9 Å². The average molecular weight is 405 g/mol. The van der Waals surface area contributed by atoms with Crippen molar-refractivity contribution in [2.24, 2.45) is 0 Å². The third-order valence-electron chi connectivity index (χ3n) is 5.36. The molecule has 2 N–H and O–H groups in total. The molecule has 0 heterocycles. The number of aryl methyl sites for hydroxylation is 1. The highest BCUT2D eigenvalue weighted by Crippen LogP contribution is 2.26. The number of anilines is 1. The number of hydrogen-bond donors (Lipinski definition) is 2. The van der Waals surface area contributed by atoms with Gasteiger partial charge in [0.2, 0.25) is 0 Å². The summed E-state index contributed by atoms with van der Waals surface area (Å²) in [5.41, 5.74) is 3.87. The molecule has 0 aromatic heterocycles. The minimum atomic E-state index is -3.67. The van der Waals surface area contributed by atoms with E-state index in [0.29, 0.717) is 11.7 Å². The number of benzene rings is 2. The summed E-state index contributed by atoms with van der Waals surface area (Å²) in [6.45, 7) is 4.50. The zero-order chi connectivity index (χ0) is 20.1. The van der Waals surface area contributed by atoms with Gasteiger partial charge in [-0.25, -0.2) is 8.42 Å². The molecule has 1 aliphatic carbocycles. The third-order valence-corrected chi connectivity index (χ3v) is 6.76. The van der Waals surface area contributed by atoms with Crippen LogP contribution in [-0.4, -0.2) is 27.7 Å². The van der Waals surface area contributed by atoms with E-state index in [4.69, 9.17) is 0 Å². The van der Waals surface area contributed by atoms with Gasteiger partial charge >= 0.3 is 0 Å². The predicted molar refractivity (Wildman–Crippen MR) is 112 cm³/mol. The summed E-state index contributed by atoms with van der Waals surface area (Å²) in [6.07, 6.45) is 4.12. The van der Waals surface area contributed by atoms with E-state index in [2.05, 4.69) is 17.0 Å². The molecule has 2 aromatic carbocycles. The molecule has 0 radical (unpaired) electrons. The van der Waals surface area contributed by atoms with E-state index in [0.717, 1.165) is 37.8 Å². The maximum absolute atomic E-state index is 12.8. The second-order valence-electron chi connectivity index (χ2n) is 7.61. The molecular formula is C22H29FN2O2S. The Bertz CT molecular complexity index is 897. The summed E-state index contributed by atoms with van der Waals surface area (Å²) >= 11 is 0. The fraction of sp³-hybridized carbons (Fsp3) is 0.455. The van der Waals surface area contributed by atoms with Crippen molar-refractivity contribution in [3.8, 4) is 0 Å². The summed E-state index contributed by atoms with van der Waals surface area (Å²) in [5, 5.41) is 3.57. The highest BCUT2D eigenvalue weighted by molar-refractivity contribution is 7.92. The van der Waals surface area contributed by atoms with Crippen LogP contribution in [0.3, 0.4) is 0 Å². The first-order valence-electron chi connectivity index (χ1n) is 9.97. The molecule has 2 aromatic rings. The van der Waals surface area contributed by atoms with Gasteiger partial charge in [-0.1, -0.05) is 32.0 Å². The van der Waals surface area contributed by atoms with Crippen molar-refractivity contribution in [1.82, 2.24) is 5.32 Å². The molecule has 4 nitrogen and oxygen atoms in total. The van der Waals surface area contributed by atoms with Gasteiger partial charge in [0.05, 0.1) is 11.6 Å². The fourth-order valence-electron chi connectivity index (χ4n) is 3.62. The van der Waals surface area contributed by atoms with Crippen molar-refractivity contribution >= 4 is 15.7 Å². The lowest BCUT2D eigenvalue weighted by atomic mass is 9.88. The Hall–Kier alpha value is -1.92. The van der Waals surface area contributed by atoms with Crippen LogP contribution in [0.15, 0.2) is 47.4 Å². The van der Waals surface area contributed by atoms with E-state index in [1.165, 1.54) is 23.3 Å². The van der Waals surface area contributed by atoms with Crippen LogP contribution in [0.25, 0.3) is 0 Å². The quantitative estimate of drug-likeness (QED) is 0.685. The molecule has 0 bridgehead atoms. The van der Waals surface area contributed by atoms with E-state index in [1.54, 1.807) is 19.1 Å². The normalized spacial score (nSPS) is 17.8. The monoisotopic (exact) mass is 404 g/mol. The first-order valence-corrected chi connectivity index (χ1v) is 11.4. The van der Waals surface area contributed by atoms with E-state index in [9.17, 15) is 12.8 Å². The smallest absolute Gasteiger partial charge is 0.261 e. The topological polar surface area (TPSA) is 58.2 Å². The third kappa shape index (κ3) is 4.92. The Kier molecular flexibility index (Phi) is 6.73. The average Bonchev–Trinajstić information content (AvgIpc) is 2.71. The van der Waals surface area contributed by atoms with Crippen molar-refractivity contribution in [2.45, 2.75) is 56.4 Å². The molecular weight excluding hydrogens is 375 g/mol. The van der Waals surface area contributed by atoms with Crippen LogP contribution in [0.1, 0.15) is 49.3 Å². The number of sulfonamides is 1. The molecule has 6 heteroatoms. The maximum Gasteiger partial charge on any atom is 0.261 e. The molecule has 152 valence electrons. The highest BCUT2D eigenvalue weighted by atomic mass is 32.2. The Labute approximate surface area is 167 Å². The van der Waals surface area contributed by atoms with E-state index in [1.807, 2.05) is 18.2 Å². The Morgan fingerprint density at radius 1 is 1.14 bits per heavy atom. The molecule has 0 saturated carbocycles. The van der Waals surface area contributed by atoms with Gasteiger partial charge in [0.1, 0.15) is 0 Å². The van der Waals surface area contributed by atoms with E-state index >= 15 is 0 Å². The Morgan fingerprint density at radius 3 is 2.57 bits per heavy atom. The van der Waals surface area contributed by atoms with Gasteiger partial charge in [-0.05, 0) is 73.2 Å². The van der Waals surface area contributed by atoms with Crippen molar-refractivity contribution in [1.29, 1.82) is 0 Å². The molecule has 0 saturated heterocycles. The molecule has 3 rings (SSSR count). The number of fused-ring (bicyclic) bond motifs is 1. The van der Waals surface area contributed by atoms with Gasteiger partial charge < -0.3 is 5.32 Å². The summed E-state index contributed by atoms with van der Waals surface area (Å²) in [7, 11) is -3.67. The first kappa shape index (κ1) is 20.8. The van der Waals surface area contributed by atoms with E-state index < -0.39 is 16.7 Å². The molecule has 2 atom stereocenters. The molecule has 1 unspecified atom stereocenters. The zero-order valence-electron chi connectivity index (χ0n) is 16.5. The van der Waals surface area contributed by atoms with Crippen molar-refractivity contribution in [3.63, 3.8) is 0 Å². The highest BCUT2D eigenvalue weighted by Gasteiger charge is 2.20. The summed E-state index contributed by atoms with van der Waals surface area (Å²) in [6, 6.07) is 12.7. The van der Waals surface area contributed by atoms with Gasteiger partial charge in [0, 0.05) is 17.6 Å². The van der Waals surface area contributed by atoms with Gasteiger partial charge in [-0.15, -0.1) is 0 Å². The van der Waals surface area contributed by atoms with Gasteiger partial charge in [-0.2, -0.15) is 0 Å². The second kappa shape index (κ2) is 9.05. The molecule has 0 spiro atoms. The van der Waals surface area contributed by atoms with E-state index in [-0.39, 0.29) is 10.8 Å².